The highest BCUT2D eigenvalue weighted by atomic mass is 32.1. The van der Waals surface area contributed by atoms with Gasteiger partial charge >= 0.3 is 0 Å². The molecule has 9 nitrogen and oxygen atoms in total. The van der Waals surface area contributed by atoms with Gasteiger partial charge in [-0.3, -0.25) is 9.59 Å². The summed E-state index contributed by atoms with van der Waals surface area (Å²) in [6.45, 7) is 1.55. The fourth-order valence-corrected chi connectivity index (χ4v) is 3.37. The summed E-state index contributed by atoms with van der Waals surface area (Å²) in [6, 6.07) is 7.34. The molecule has 0 atom stereocenters. The summed E-state index contributed by atoms with van der Waals surface area (Å²) in [7, 11) is 0. The first-order valence-electron chi connectivity index (χ1n) is 8.33. The van der Waals surface area contributed by atoms with E-state index in [1.807, 2.05) is 17.5 Å². The van der Waals surface area contributed by atoms with E-state index < -0.39 is 0 Å². The van der Waals surface area contributed by atoms with Gasteiger partial charge in [0, 0.05) is 23.6 Å². The van der Waals surface area contributed by atoms with Crippen LogP contribution in [-0.4, -0.2) is 36.3 Å². The summed E-state index contributed by atoms with van der Waals surface area (Å²) in [4.78, 5) is 40.0. The van der Waals surface area contributed by atoms with Crippen LogP contribution in [0, 0.1) is 0 Å². The van der Waals surface area contributed by atoms with Gasteiger partial charge in [-0.15, -0.1) is 11.3 Å². The zero-order chi connectivity index (χ0) is 19.5. The molecule has 0 radical (unpaired) electrons. The number of anilines is 2. The number of hydrogen-bond acceptors (Lipinski definition) is 7. The highest BCUT2D eigenvalue weighted by molar-refractivity contribution is 7.14. The van der Waals surface area contributed by atoms with E-state index in [2.05, 4.69) is 30.6 Å². The normalized spacial score (nSPS) is 10.8. The van der Waals surface area contributed by atoms with Crippen LogP contribution in [0.5, 0.6) is 0 Å². The van der Waals surface area contributed by atoms with Crippen molar-refractivity contribution in [1.29, 1.82) is 0 Å². The maximum atomic E-state index is 12.3. The van der Waals surface area contributed by atoms with Gasteiger partial charge in [0.2, 0.25) is 11.8 Å². The number of imidazole rings is 1. The maximum Gasteiger partial charge on any atom is 0.246 e. The van der Waals surface area contributed by atoms with Gasteiger partial charge in [-0.2, -0.15) is 0 Å². The van der Waals surface area contributed by atoms with Gasteiger partial charge in [-0.05, 0) is 12.1 Å². The predicted octanol–water partition coefficient (Wildman–Crippen LogP) is 2.55. The van der Waals surface area contributed by atoms with Crippen molar-refractivity contribution in [1.82, 2.24) is 24.5 Å². The number of hydrogen-bond donors (Lipinski definition) is 2. The van der Waals surface area contributed by atoms with Gasteiger partial charge in [0.05, 0.1) is 18.2 Å². The Morgan fingerprint density at radius 1 is 1.14 bits per heavy atom. The van der Waals surface area contributed by atoms with Crippen molar-refractivity contribution in [2.24, 2.45) is 0 Å². The summed E-state index contributed by atoms with van der Waals surface area (Å²) in [6.07, 6.45) is 4.59. The zero-order valence-electron chi connectivity index (χ0n) is 14.8. The van der Waals surface area contributed by atoms with E-state index in [-0.39, 0.29) is 18.4 Å². The first kappa shape index (κ1) is 17.7. The smallest absolute Gasteiger partial charge is 0.246 e. The van der Waals surface area contributed by atoms with Gasteiger partial charge in [-0.1, -0.05) is 12.1 Å². The van der Waals surface area contributed by atoms with Crippen LogP contribution >= 0.6 is 11.3 Å². The van der Waals surface area contributed by atoms with E-state index >= 15 is 0 Å². The quantitative estimate of drug-likeness (QED) is 0.538. The summed E-state index contributed by atoms with van der Waals surface area (Å²) in [5.41, 5.74) is 3.59. The first-order valence-corrected chi connectivity index (χ1v) is 9.21. The molecule has 3 aromatic heterocycles. The molecule has 0 spiro atoms. The average molecular weight is 393 g/mol. The lowest BCUT2D eigenvalue weighted by molar-refractivity contribution is -0.116. The van der Waals surface area contributed by atoms with Crippen molar-refractivity contribution in [3.63, 3.8) is 0 Å². The second kappa shape index (κ2) is 7.53. The molecular weight excluding hydrogens is 378 g/mol. The average Bonchev–Trinajstić information content (AvgIpc) is 3.29. The number of nitrogens with one attached hydrogen (secondary N) is 2. The van der Waals surface area contributed by atoms with Crippen LogP contribution < -0.4 is 10.6 Å². The minimum atomic E-state index is -0.218. The van der Waals surface area contributed by atoms with Gasteiger partial charge in [0.25, 0.3) is 0 Å². The Kier molecular flexibility index (Phi) is 4.77. The number of amides is 2. The van der Waals surface area contributed by atoms with Crippen LogP contribution in [0.25, 0.3) is 22.4 Å². The molecule has 0 aliphatic heterocycles. The third-order valence-electron chi connectivity index (χ3n) is 3.87. The third-order valence-corrected chi connectivity index (χ3v) is 4.62. The number of fused-ring (bicyclic) bond motifs is 1. The summed E-state index contributed by atoms with van der Waals surface area (Å²) in [5.74, 6) is -0.339. The van der Waals surface area contributed by atoms with Crippen molar-refractivity contribution >= 4 is 45.1 Å². The minimum absolute atomic E-state index is 0.0875. The summed E-state index contributed by atoms with van der Waals surface area (Å²) >= 11 is 1.34. The van der Waals surface area contributed by atoms with E-state index in [9.17, 15) is 9.59 Å². The molecule has 0 bridgehead atoms. The van der Waals surface area contributed by atoms with Gasteiger partial charge in [0.1, 0.15) is 18.4 Å². The molecule has 28 heavy (non-hydrogen) atoms. The van der Waals surface area contributed by atoms with Gasteiger partial charge in [-0.25, -0.2) is 19.9 Å². The number of nitrogens with zero attached hydrogens (tertiary/aromatic N) is 5. The second-order valence-electron chi connectivity index (χ2n) is 5.95. The molecule has 0 fully saturated rings. The Labute approximate surface area is 163 Å². The lowest BCUT2D eigenvalue weighted by Crippen LogP contribution is -2.18. The molecular formula is C18H15N7O2S. The lowest BCUT2D eigenvalue weighted by Gasteiger charge is -2.04. The molecule has 3 heterocycles. The highest BCUT2D eigenvalue weighted by Crippen LogP contribution is 2.26. The van der Waals surface area contributed by atoms with E-state index in [1.54, 1.807) is 29.2 Å². The van der Waals surface area contributed by atoms with Crippen LogP contribution in [0.1, 0.15) is 6.92 Å². The van der Waals surface area contributed by atoms with Crippen molar-refractivity contribution < 1.29 is 9.59 Å². The summed E-state index contributed by atoms with van der Waals surface area (Å²) < 4.78 is 1.68. The van der Waals surface area contributed by atoms with Crippen molar-refractivity contribution in [3.8, 4) is 11.3 Å². The monoisotopic (exact) mass is 393 g/mol. The maximum absolute atomic E-state index is 12.3. The number of carbonyl (C=O) groups excluding carboxylic acids is 2. The molecule has 2 amide bonds. The Hall–Kier alpha value is -3.66. The molecule has 4 rings (SSSR count). The van der Waals surface area contributed by atoms with Crippen molar-refractivity contribution in [2.75, 3.05) is 10.6 Å². The number of aromatic nitrogens is 5. The fraction of sp³-hybridized carbons (Fsp3) is 0.111. The predicted molar refractivity (Wildman–Crippen MR) is 106 cm³/mol. The molecule has 0 unspecified atom stereocenters. The van der Waals surface area contributed by atoms with Crippen LogP contribution in [0.15, 0.2) is 48.5 Å². The standard InChI is InChI=1S/C18H15N7O2S/c1-11(26)22-13-4-2-12(3-5-13)14-8-28-18(23-14)24-16(27)7-25-10-21-17-15(25)6-19-9-20-17/h2-6,8-10H,7H2,1H3,(H,22,26)(H,23,24,27). The highest BCUT2D eigenvalue weighted by Gasteiger charge is 2.11. The van der Waals surface area contributed by atoms with Crippen LogP contribution in [0.3, 0.4) is 0 Å². The van der Waals surface area contributed by atoms with E-state index in [1.165, 1.54) is 24.6 Å². The zero-order valence-corrected chi connectivity index (χ0v) is 15.6. The van der Waals surface area contributed by atoms with Gasteiger partial charge in [0.15, 0.2) is 10.8 Å². The molecule has 10 heteroatoms. The van der Waals surface area contributed by atoms with E-state index in [0.29, 0.717) is 16.3 Å². The minimum Gasteiger partial charge on any atom is -0.326 e. The topological polar surface area (TPSA) is 115 Å². The number of carbonyl (C=O) groups is 2. The molecule has 140 valence electrons. The third kappa shape index (κ3) is 3.86. The Bertz CT molecular complexity index is 1150. The van der Waals surface area contributed by atoms with E-state index in [4.69, 9.17) is 0 Å². The summed E-state index contributed by atoms with van der Waals surface area (Å²) in [5, 5.41) is 7.88. The molecule has 0 saturated heterocycles. The number of thiazole rings is 1. The molecule has 4 aromatic rings. The second-order valence-corrected chi connectivity index (χ2v) is 6.81. The molecule has 1 aromatic carbocycles. The van der Waals surface area contributed by atoms with Crippen LogP contribution in [-0.2, 0) is 16.1 Å². The first-order chi connectivity index (χ1) is 13.6. The van der Waals surface area contributed by atoms with Crippen molar-refractivity contribution in [3.05, 3.63) is 48.5 Å². The Morgan fingerprint density at radius 3 is 2.75 bits per heavy atom. The molecule has 0 saturated carbocycles. The molecule has 0 aliphatic rings. The van der Waals surface area contributed by atoms with Crippen LogP contribution in [0.2, 0.25) is 0 Å². The molecule has 0 aliphatic carbocycles. The fourth-order valence-electron chi connectivity index (χ4n) is 2.64. The molecule has 2 N–H and O–H groups in total. The van der Waals surface area contributed by atoms with E-state index in [0.717, 1.165) is 16.9 Å². The largest absolute Gasteiger partial charge is 0.326 e. The Morgan fingerprint density at radius 2 is 1.96 bits per heavy atom. The Balaban J connectivity index is 1.43. The van der Waals surface area contributed by atoms with Gasteiger partial charge < -0.3 is 15.2 Å². The van der Waals surface area contributed by atoms with Crippen LogP contribution in [0.4, 0.5) is 10.8 Å². The van der Waals surface area contributed by atoms with Crippen molar-refractivity contribution in [2.45, 2.75) is 13.5 Å². The lowest BCUT2D eigenvalue weighted by atomic mass is 10.1. The number of rotatable bonds is 5. The number of benzene rings is 1. The SMILES string of the molecule is CC(=O)Nc1ccc(-c2csc(NC(=O)Cn3cnc4ncncc43)n2)cc1.